The molecule has 0 atom stereocenters. The third kappa shape index (κ3) is 4.74. The van der Waals surface area contributed by atoms with E-state index < -0.39 is 0 Å². The number of ether oxygens (including phenoxy) is 1. The Morgan fingerprint density at radius 3 is 2.81 bits per heavy atom. The van der Waals surface area contributed by atoms with Gasteiger partial charge >= 0.3 is 0 Å². The molecule has 0 unspecified atom stereocenters. The Hall–Kier alpha value is -0.910. The van der Waals surface area contributed by atoms with Crippen LogP contribution in [0, 0.1) is 0 Å². The maximum atomic E-state index is 5.85. The lowest BCUT2D eigenvalue weighted by molar-refractivity contribution is 0.163. The molecule has 0 saturated heterocycles. The lowest BCUT2D eigenvalue weighted by atomic mass is 10.5. The van der Waals surface area contributed by atoms with Crippen molar-refractivity contribution >= 4 is 17.4 Å². The fourth-order valence-electron chi connectivity index (χ4n) is 1.16. The van der Waals surface area contributed by atoms with Gasteiger partial charge in [0.1, 0.15) is 0 Å². The summed E-state index contributed by atoms with van der Waals surface area (Å²) in [6.45, 7) is 3.32. The van der Waals surface area contributed by atoms with Crippen molar-refractivity contribution in [3.05, 3.63) is 17.5 Å². The number of nitrogens with zero attached hydrogens (tertiary/aromatic N) is 3. The third-order valence-corrected chi connectivity index (χ3v) is 2.39. The number of nitrogens with one attached hydrogen (secondary N) is 1. The number of likely N-dealkylation sites (N-methyl/N-ethyl adjacent to an activating group) is 1. The van der Waals surface area contributed by atoms with E-state index in [0.29, 0.717) is 11.0 Å². The van der Waals surface area contributed by atoms with Crippen LogP contribution < -0.4 is 5.32 Å². The van der Waals surface area contributed by atoms with Crippen LogP contribution in [0.25, 0.3) is 0 Å². The van der Waals surface area contributed by atoms with Crippen LogP contribution in [0.2, 0.25) is 5.15 Å². The molecule has 1 rings (SSSR count). The minimum Gasteiger partial charge on any atom is -0.383 e. The van der Waals surface area contributed by atoms with E-state index in [4.69, 9.17) is 16.3 Å². The molecule has 0 aromatic carbocycles. The summed E-state index contributed by atoms with van der Waals surface area (Å²) in [7, 11) is 3.74. The van der Waals surface area contributed by atoms with Crippen LogP contribution in [0.4, 0.5) is 5.82 Å². The molecule has 0 aliphatic heterocycles. The van der Waals surface area contributed by atoms with Gasteiger partial charge in [-0.2, -0.15) is 0 Å². The van der Waals surface area contributed by atoms with Crippen molar-refractivity contribution < 1.29 is 4.74 Å². The second-order valence-corrected chi connectivity index (χ2v) is 3.78. The first kappa shape index (κ1) is 13.2. The Morgan fingerprint density at radius 1 is 1.38 bits per heavy atom. The predicted molar refractivity (Wildman–Crippen MR) is 64.9 cm³/mol. The van der Waals surface area contributed by atoms with Crippen LogP contribution in [-0.2, 0) is 4.74 Å². The lowest BCUT2D eigenvalue weighted by Gasteiger charge is -2.16. The quantitative estimate of drug-likeness (QED) is 0.779. The molecule has 5 nitrogen and oxygen atoms in total. The highest BCUT2D eigenvalue weighted by Gasteiger charge is 2.01. The Labute approximate surface area is 101 Å². The van der Waals surface area contributed by atoms with Gasteiger partial charge in [-0.3, -0.25) is 0 Å². The van der Waals surface area contributed by atoms with Crippen LogP contribution in [0.3, 0.4) is 0 Å². The maximum absolute atomic E-state index is 5.85. The molecule has 1 aromatic rings. The molecule has 0 fully saturated rings. The highest BCUT2D eigenvalue weighted by Crippen LogP contribution is 2.13. The van der Waals surface area contributed by atoms with Crippen LogP contribution >= 0.6 is 11.6 Å². The molecule has 16 heavy (non-hydrogen) atoms. The molecule has 1 aromatic heterocycles. The second-order valence-electron chi connectivity index (χ2n) is 3.42. The van der Waals surface area contributed by atoms with E-state index in [1.165, 1.54) is 0 Å². The molecular weight excluding hydrogens is 228 g/mol. The molecule has 0 amide bonds. The van der Waals surface area contributed by atoms with Gasteiger partial charge in [0.25, 0.3) is 0 Å². The Kier molecular flexibility index (Phi) is 6.07. The zero-order valence-electron chi connectivity index (χ0n) is 9.61. The highest BCUT2D eigenvalue weighted by molar-refractivity contribution is 6.31. The van der Waals surface area contributed by atoms with E-state index in [1.807, 2.05) is 7.05 Å². The summed E-state index contributed by atoms with van der Waals surface area (Å²) >= 11 is 5.85. The SMILES string of the molecule is COCCN(C)CCNc1nccnc1Cl. The first-order valence-electron chi connectivity index (χ1n) is 5.12. The van der Waals surface area contributed by atoms with Gasteiger partial charge in [-0.25, -0.2) is 9.97 Å². The van der Waals surface area contributed by atoms with E-state index >= 15 is 0 Å². The van der Waals surface area contributed by atoms with Crippen LogP contribution in [0.1, 0.15) is 0 Å². The van der Waals surface area contributed by atoms with Crippen molar-refractivity contribution in [1.82, 2.24) is 14.9 Å². The average molecular weight is 245 g/mol. The monoisotopic (exact) mass is 244 g/mol. The van der Waals surface area contributed by atoms with Crippen molar-refractivity contribution in [2.75, 3.05) is 45.7 Å². The summed E-state index contributed by atoms with van der Waals surface area (Å²) in [6.07, 6.45) is 3.18. The minimum absolute atomic E-state index is 0.405. The van der Waals surface area contributed by atoms with Crippen LogP contribution in [-0.4, -0.2) is 55.3 Å². The molecular formula is C10H17ClN4O. The second kappa shape index (κ2) is 7.38. The average Bonchev–Trinajstić information content (AvgIpc) is 2.29. The lowest BCUT2D eigenvalue weighted by Crippen LogP contribution is -2.28. The summed E-state index contributed by atoms with van der Waals surface area (Å²) in [6, 6.07) is 0. The molecule has 0 saturated carbocycles. The topological polar surface area (TPSA) is 50.3 Å². The molecule has 0 aliphatic carbocycles. The smallest absolute Gasteiger partial charge is 0.171 e. The highest BCUT2D eigenvalue weighted by atomic mass is 35.5. The molecule has 90 valence electrons. The molecule has 0 aliphatic rings. The van der Waals surface area contributed by atoms with Gasteiger partial charge in [-0.15, -0.1) is 0 Å². The van der Waals surface area contributed by atoms with Crippen molar-refractivity contribution in [3.63, 3.8) is 0 Å². The Bertz CT molecular complexity index is 311. The zero-order chi connectivity index (χ0) is 11.8. The fraction of sp³-hybridized carbons (Fsp3) is 0.600. The first-order chi connectivity index (χ1) is 7.74. The van der Waals surface area contributed by atoms with Crippen molar-refractivity contribution in [2.24, 2.45) is 0 Å². The minimum atomic E-state index is 0.405. The van der Waals surface area contributed by atoms with Gasteiger partial charge in [0.05, 0.1) is 6.61 Å². The van der Waals surface area contributed by atoms with Crippen LogP contribution in [0.5, 0.6) is 0 Å². The molecule has 1 N–H and O–H groups in total. The van der Waals surface area contributed by atoms with E-state index in [-0.39, 0.29) is 0 Å². The number of anilines is 1. The van der Waals surface area contributed by atoms with Crippen molar-refractivity contribution in [2.45, 2.75) is 0 Å². The number of hydrogen-bond donors (Lipinski definition) is 1. The largest absolute Gasteiger partial charge is 0.383 e. The van der Waals surface area contributed by atoms with Gasteiger partial charge in [0.15, 0.2) is 11.0 Å². The number of aromatic nitrogens is 2. The molecule has 6 heteroatoms. The van der Waals surface area contributed by atoms with Gasteiger partial charge in [-0.1, -0.05) is 11.6 Å². The number of halogens is 1. The van der Waals surface area contributed by atoms with E-state index in [2.05, 4.69) is 20.2 Å². The van der Waals surface area contributed by atoms with Gasteiger partial charge in [-0.05, 0) is 7.05 Å². The standard InChI is InChI=1S/C10H17ClN4O/c1-15(7-8-16-2)6-5-14-10-9(11)12-3-4-13-10/h3-4H,5-8H2,1-2H3,(H,13,14). The summed E-state index contributed by atoms with van der Waals surface area (Å²) < 4.78 is 4.99. The molecule has 0 spiro atoms. The number of methoxy groups -OCH3 is 1. The van der Waals surface area contributed by atoms with Crippen molar-refractivity contribution in [3.8, 4) is 0 Å². The molecule has 1 heterocycles. The summed E-state index contributed by atoms with van der Waals surface area (Å²) in [4.78, 5) is 10.2. The summed E-state index contributed by atoms with van der Waals surface area (Å²) in [5.74, 6) is 0.629. The van der Waals surface area contributed by atoms with E-state index in [1.54, 1.807) is 19.5 Å². The Balaban J connectivity index is 2.23. The zero-order valence-corrected chi connectivity index (χ0v) is 10.4. The van der Waals surface area contributed by atoms with E-state index in [0.717, 1.165) is 26.2 Å². The normalized spacial score (nSPS) is 10.8. The molecule has 0 radical (unpaired) electrons. The third-order valence-electron chi connectivity index (χ3n) is 2.12. The maximum Gasteiger partial charge on any atom is 0.171 e. The van der Waals surface area contributed by atoms with Gasteiger partial charge in [0, 0.05) is 39.1 Å². The van der Waals surface area contributed by atoms with Crippen molar-refractivity contribution in [1.29, 1.82) is 0 Å². The summed E-state index contributed by atoms with van der Waals surface area (Å²) in [5.41, 5.74) is 0. The molecule has 0 bridgehead atoms. The number of rotatable bonds is 7. The summed E-state index contributed by atoms with van der Waals surface area (Å²) in [5, 5.41) is 3.54. The van der Waals surface area contributed by atoms with Gasteiger partial charge in [0.2, 0.25) is 0 Å². The van der Waals surface area contributed by atoms with E-state index in [9.17, 15) is 0 Å². The fourth-order valence-corrected chi connectivity index (χ4v) is 1.34. The predicted octanol–water partition coefficient (Wildman–Crippen LogP) is 1.12. The Morgan fingerprint density at radius 2 is 2.12 bits per heavy atom. The van der Waals surface area contributed by atoms with Gasteiger partial charge < -0.3 is 15.0 Å². The first-order valence-corrected chi connectivity index (χ1v) is 5.49. The van der Waals surface area contributed by atoms with Crippen LogP contribution in [0.15, 0.2) is 12.4 Å². The number of hydrogen-bond acceptors (Lipinski definition) is 5.